The number of aliphatic hydroxyl groups is 1. The van der Waals surface area contributed by atoms with E-state index in [2.05, 4.69) is 0 Å². The average molecular weight is 198 g/mol. The van der Waals surface area contributed by atoms with Gasteiger partial charge >= 0.3 is 0 Å². The van der Waals surface area contributed by atoms with Gasteiger partial charge in [0.1, 0.15) is 5.76 Å². The smallest absolute Gasteiger partial charge is 0.219 e. The number of hydrogen-bond acceptors (Lipinski definition) is 3. The van der Waals surface area contributed by atoms with E-state index < -0.39 is 4.75 Å². The van der Waals surface area contributed by atoms with Crippen LogP contribution in [-0.4, -0.2) is 15.0 Å². The van der Waals surface area contributed by atoms with E-state index in [1.54, 1.807) is 6.92 Å². The molecule has 2 nitrogen and oxygen atoms in total. The largest absolute Gasteiger partial charge is 0.510 e. The van der Waals surface area contributed by atoms with Crippen LogP contribution in [0.2, 0.25) is 0 Å². The van der Waals surface area contributed by atoms with Crippen molar-refractivity contribution in [1.29, 1.82) is 0 Å². The van der Waals surface area contributed by atoms with E-state index in [1.807, 2.05) is 26.0 Å². The predicted molar refractivity (Wildman–Crippen MR) is 55.8 cm³/mol. The molecule has 13 heavy (non-hydrogen) atoms. The van der Waals surface area contributed by atoms with Gasteiger partial charge in [-0.3, -0.25) is 4.79 Å². The first kappa shape index (κ1) is 10.4. The molecule has 0 amide bonds. The average Bonchev–Trinajstić information content (AvgIpc) is 2.28. The van der Waals surface area contributed by atoms with E-state index in [0.29, 0.717) is 5.57 Å². The summed E-state index contributed by atoms with van der Waals surface area (Å²) in [5.41, 5.74) is 0.480. The molecule has 0 bridgehead atoms. The van der Waals surface area contributed by atoms with E-state index in [1.165, 1.54) is 11.8 Å². The molecule has 1 N–H and O–H groups in total. The van der Waals surface area contributed by atoms with Crippen LogP contribution in [0.4, 0.5) is 0 Å². The van der Waals surface area contributed by atoms with Gasteiger partial charge in [0.15, 0.2) is 0 Å². The van der Waals surface area contributed by atoms with Gasteiger partial charge < -0.3 is 5.11 Å². The van der Waals surface area contributed by atoms with Crippen LogP contribution >= 0.6 is 11.8 Å². The molecule has 0 radical (unpaired) electrons. The molecule has 1 rings (SSSR count). The fourth-order valence-corrected chi connectivity index (χ4v) is 2.29. The molecule has 3 heteroatoms. The van der Waals surface area contributed by atoms with Crippen molar-refractivity contribution in [2.24, 2.45) is 0 Å². The van der Waals surface area contributed by atoms with Gasteiger partial charge in [-0.05, 0) is 20.3 Å². The third-order valence-corrected chi connectivity index (χ3v) is 3.35. The maximum atomic E-state index is 11.3. The lowest BCUT2D eigenvalue weighted by atomic mass is 10.0. The monoisotopic (exact) mass is 198 g/mol. The highest BCUT2D eigenvalue weighted by molar-refractivity contribution is 8.16. The molecule has 0 saturated heterocycles. The Hall–Kier alpha value is -0.700. The maximum absolute atomic E-state index is 11.3. The lowest BCUT2D eigenvalue weighted by molar-refractivity contribution is -0.107. The molecule has 0 aromatic heterocycles. The van der Waals surface area contributed by atoms with Crippen molar-refractivity contribution in [3.05, 3.63) is 23.5 Å². The van der Waals surface area contributed by atoms with E-state index in [9.17, 15) is 9.90 Å². The number of rotatable bonds is 2. The van der Waals surface area contributed by atoms with Crippen molar-refractivity contribution < 1.29 is 9.90 Å². The molecule has 0 fully saturated rings. The summed E-state index contributed by atoms with van der Waals surface area (Å²) in [5.74, 6) is 0.201. The van der Waals surface area contributed by atoms with Crippen molar-refractivity contribution in [2.75, 3.05) is 0 Å². The lowest BCUT2D eigenvalue weighted by Gasteiger charge is -2.17. The van der Waals surface area contributed by atoms with Gasteiger partial charge in [0.25, 0.3) is 0 Å². The summed E-state index contributed by atoms with van der Waals surface area (Å²) in [4.78, 5) is 11.3. The number of hydrogen-bond donors (Lipinski definition) is 1. The minimum Gasteiger partial charge on any atom is -0.510 e. The van der Waals surface area contributed by atoms with E-state index in [4.69, 9.17) is 0 Å². The second-order valence-electron chi connectivity index (χ2n) is 3.28. The molecule has 1 aliphatic heterocycles. The van der Waals surface area contributed by atoms with Crippen molar-refractivity contribution in [3.63, 3.8) is 0 Å². The molecule has 0 spiro atoms. The Morgan fingerprint density at radius 3 is 2.62 bits per heavy atom. The maximum Gasteiger partial charge on any atom is 0.219 e. The number of carbonyl (C=O) groups excluding carboxylic acids is 1. The van der Waals surface area contributed by atoms with Crippen LogP contribution in [0.5, 0.6) is 0 Å². The first-order valence-electron chi connectivity index (χ1n) is 4.32. The summed E-state index contributed by atoms with van der Waals surface area (Å²) >= 11 is 1.17. The Kier molecular flexibility index (Phi) is 2.86. The van der Waals surface area contributed by atoms with Gasteiger partial charge in [0.2, 0.25) is 5.12 Å². The Morgan fingerprint density at radius 1 is 1.62 bits per heavy atom. The predicted octanol–water partition coefficient (Wildman–Crippen LogP) is 2.82. The third-order valence-electron chi connectivity index (χ3n) is 2.11. The molecular weight excluding hydrogens is 184 g/mol. The second-order valence-corrected chi connectivity index (χ2v) is 4.70. The van der Waals surface area contributed by atoms with Gasteiger partial charge in [0.05, 0.1) is 4.75 Å². The third kappa shape index (κ3) is 1.80. The number of allylic oxidation sites excluding steroid dienone is 1. The summed E-state index contributed by atoms with van der Waals surface area (Å²) in [7, 11) is 0. The first-order valence-corrected chi connectivity index (χ1v) is 5.14. The van der Waals surface area contributed by atoms with Crippen LogP contribution in [0.3, 0.4) is 0 Å². The highest BCUT2D eigenvalue weighted by Crippen LogP contribution is 2.43. The SMILES string of the molecule is CC/C=C/[C@]1(C)SC(=O)C(C)=C1O. The zero-order valence-electron chi connectivity index (χ0n) is 8.13. The quantitative estimate of drug-likeness (QED) is 0.693. The fourth-order valence-electron chi connectivity index (χ4n) is 1.24. The summed E-state index contributed by atoms with van der Waals surface area (Å²) in [6, 6.07) is 0. The van der Waals surface area contributed by atoms with E-state index >= 15 is 0 Å². The van der Waals surface area contributed by atoms with Gasteiger partial charge in [-0.25, -0.2) is 0 Å². The van der Waals surface area contributed by atoms with Crippen LogP contribution in [0.15, 0.2) is 23.5 Å². The molecule has 0 saturated carbocycles. The fraction of sp³-hybridized carbons (Fsp3) is 0.500. The highest BCUT2D eigenvalue weighted by Gasteiger charge is 2.39. The van der Waals surface area contributed by atoms with E-state index in [0.717, 1.165) is 6.42 Å². The standard InChI is InChI=1S/C10H14O2S/c1-4-5-6-10(3)8(11)7(2)9(12)13-10/h5-6,11H,4H2,1-3H3/b6-5+/t10-/m0/s1. The zero-order chi connectivity index (χ0) is 10.1. The summed E-state index contributed by atoms with van der Waals surface area (Å²) in [5, 5.41) is 9.67. The molecule has 1 atom stereocenters. The summed E-state index contributed by atoms with van der Waals surface area (Å²) in [6.07, 6.45) is 4.77. The van der Waals surface area contributed by atoms with Crippen molar-refractivity contribution in [2.45, 2.75) is 31.9 Å². The molecule has 1 heterocycles. The second kappa shape index (κ2) is 3.58. The van der Waals surface area contributed by atoms with Crippen molar-refractivity contribution >= 4 is 16.9 Å². The van der Waals surface area contributed by atoms with Crippen LogP contribution in [0.1, 0.15) is 27.2 Å². The van der Waals surface area contributed by atoms with Crippen LogP contribution < -0.4 is 0 Å². The highest BCUT2D eigenvalue weighted by atomic mass is 32.2. The molecule has 1 aliphatic rings. The van der Waals surface area contributed by atoms with Gasteiger partial charge in [-0.2, -0.15) is 0 Å². The van der Waals surface area contributed by atoms with Crippen LogP contribution in [-0.2, 0) is 4.79 Å². The molecule has 0 aromatic carbocycles. The molecule has 72 valence electrons. The minimum atomic E-state index is -0.531. The summed E-state index contributed by atoms with van der Waals surface area (Å²) < 4.78 is -0.531. The van der Waals surface area contributed by atoms with Crippen molar-refractivity contribution in [1.82, 2.24) is 0 Å². The minimum absolute atomic E-state index is 0.0271. The number of carbonyl (C=O) groups is 1. The van der Waals surface area contributed by atoms with Crippen LogP contribution in [0, 0.1) is 0 Å². The van der Waals surface area contributed by atoms with Gasteiger partial charge in [0, 0.05) is 5.57 Å². The summed E-state index contributed by atoms with van der Waals surface area (Å²) in [6.45, 7) is 5.54. The van der Waals surface area contributed by atoms with Gasteiger partial charge in [-0.15, -0.1) is 0 Å². The van der Waals surface area contributed by atoms with Gasteiger partial charge in [-0.1, -0.05) is 30.8 Å². The first-order chi connectivity index (χ1) is 6.01. The topological polar surface area (TPSA) is 37.3 Å². The molecule has 0 aromatic rings. The Bertz CT molecular complexity index is 291. The number of thioether (sulfide) groups is 1. The zero-order valence-corrected chi connectivity index (χ0v) is 8.94. The Balaban J connectivity index is 2.96. The lowest BCUT2D eigenvalue weighted by Crippen LogP contribution is -2.16. The molecule has 0 unspecified atom stereocenters. The van der Waals surface area contributed by atoms with Crippen molar-refractivity contribution in [3.8, 4) is 0 Å². The Labute approximate surface area is 82.7 Å². The molecule has 0 aliphatic carbocycles. The van der Waals surface area contributed by atoms with E-state index in [-0.39, 0.29) is 10.9 Å². The normalized spacial score (nSPS) is 29.3. The van der Waals surface area contributed by atoms with Crippen LogP contribution in [0.25, 0.3) is 0 Å². The molecular formula is C10H14O2S. The Morgan fingerprint density at radius 2 is 2.23 bits per heavy atom. The number of aliphatic hydroxyl groups excluding tert-OH is 1.